The third-order valence-electron chi connectivity index (χ3n) is 6.00. The van der Waals surface area contributed by atoms with E-state index in [1.807, 2.05) is 20.8 Å². The second-order valence-electron chi connectivity index (χ2n) is 9.63. The average molecular weight is 488 g/mol. The van der Waals surface area contributed by atoms with E-state index in [1.165, 1.54) is 17.2 Å². The number of amides is 1. The van der Waals surface area contributed by atoms with Crippen LogP contribution in [0, 0.1) is 5.82 Å². The maximum absolute atomic E-state index is 15.2. The van der Waals surface area contributed by atoms with Crippen molar-refractivity contribution in [1.82, 2.24) is 4.98 Å². The predicted molar refractivity (Wildman–Crippen MR) is 127 cm³/mol. The van der Waals surface area contributed by atoms with Gasteiger partial charge in [-0.05, 0) is 46.9 Å². The molecule has 1 atom stereocenters. The lowest BCUT2D eigenvalue weighted by Crippen LogP contribution is -2.43. The SMILES string of the molecule is CC(C)(C)c1cncc(-c2cc3c(cc2F)C(F)(F)C[C@@H](N)C(=O)N3Cc2ccc(Cl)cc2)c1. The van der Waals surface area contributed by atoms with E-state index in [-0.39, 0.29) is 23.2 Å². The highest BCUT2D eigenvalue weighted by Crippen LogP contribution is 2.45. The Kier molecular flexibility index (Phi) is 6.21. The van der Waals surface area contributed by atoms with E-state index in [4.69, 9.17) is 17.3 Å². The monoisotopic (exact) mass is 487 g/mol. The van der Waals surface area contributed by atoms with Gasteiger partial charge in [-0.15, -0.1) is 0 Å². The average Bonchev–Trinajstić information content (AvgIpc) is 2.83. The first-order chi connectivity index (χ1) is 15.9. The number of aromatic nitrogens is 1. The van der Waals surface area contributed by atoms with E-state index in [9.17, 15) is 4.79 Å². The molecule has 0 aliphatic carbocycles. The molecule has 2 aromatic carbocycles. The van der Waals surface area contributed by atoms with E-state index >= 15 is 13.2 Å². The van der Waals surface area contributed by atoms with Gasteiger partial charge in [-0.25, -0.2) is 13.2 Å². The van der Waals surface area contributed by atoms with Crippen LogP contribution in [0.5, 0.6) is 0 Å². The summed E-state index contributed by atoms with van der Waals surface area (Å²) < 4.78 is 45.5. The second-order valence-corrected chi connectivity index (χ2v) is 10.1. The summed E-state index contributed by atoms with van der Waals surface area (Å²) in [5, 5.41) is 0.505. The normalized spacial score (nSPS) is 17.9. The number of rotatable bonds is 3. The number of anilines is 1. The highest BCUT2D eigenvalue weighted by atomic mass is 35.5. The fraction of sp³-hybridized carbons (Fsp3) is 0.308. The molecular weight excluding hydrogens is 463 g/mol. The number of hydrogen-bond donors (Lipinski definition) is 1. The number of halogens is 4. The molecule has 34 heavy (non-hydrogen) atoms. The predicted octanol–water partition coefficient (Wildman–Crippen LogP) is 6.19. The molecule has 4 rings (SSSR count). The molecule has 0 bridgehead atoms. The van der Waals surface area contributed by atoms with Gasteiger partial charge in [0.2, 0.25) is 5.91 Å². The van der Waals surface area contributed by atoms with Crippen LogP contribution in [-0.2, 0) is 22.7 Å². The van der Waals surface area contributed by atoms with Gasteiger partial charge in [-0.3, -0.25) is 9.78 Å². The van der Waals surface area contributed by atoms with E-state index in [2.05, 4.69) is 4.98 Å². The minimum absolute atomic E-state index is 0.0157. The molecule has 2 N–H and O–H groups in total. The quantitative estimate of drug-likeness (QED) is 0.479. The summed E-state index contributed by atoms with van der Waals surface area (Å²) in [5.41, 5.74) is 7.02. The van der Waals surface area contributed by atoms with E-state index in [1.54, 1.807) is 36.5 Å². The van der Waals surface area contributed by atoms with Crippen LogP contribution in [0.25, 0.3) is 11.1 Å². The van der Waals surface area contributed by atoms with Crippen molar-refractivity contribution in [2.75, 3.05) is 4.90 Å². The zero-order valence-corrected chi connectivity index (χ0v) is 19.8. The van der Waals surface area contributed by atoms with Crippen molar-refractivity contribution >= 4 is 23.2 Å². The van der Waals surface area contributed by atoms with Crippen molar-refractivity contribution in [2.24, 2.45) is 5.73 Å². The second kappa shape index (κ2) is 8.71. The van der Waals surface area contributed by atoms with Gasteiger partial charge in [0.1, 0.15) is 5.82 Å². The number of carbonyl (C=O) groups is 1. The maximum Gasteiger partial charge on any atom is 0.277 e. The molecule has 0 saturated heterocycles. The zero-order valence-electron chi connectivity index (χ0n) is 19.1. The van der Waals surface area contributed by atoms with Gasteiger partial charge in [-0.1, -0.05) is 44.5 Å². The smallest absolute Gasteiger partial charge is 0.277 e. The van der Waals surface area contributed by atoms with Gasteiger partial charge in [-0.2, -0.15) is 0 Å². The Hall–Kier alpha value is -2.90. The molecule has 4 nitrogen and oxygen atoms in total. The van der Waals surface area contributed by atoms with E-state index in [0.29, 0.717) is 16.1 Å². The lowest BCUT2D eigenvalue weighted by Gasteiger charge is -2.26. The van der Waals surface area contributed by atoms with Gasteiger partial charge in [0.25, 0.3) is 5.92 Å². The summed E-state index contributed by atoms with van der Waals surface area (Å²) in [4.78, 5) is 18.5. The summed E-state index contributed by atoms with van der Waals surface area (Å²) in [6.45, 7) is 5.97. The number of nitrogens with two attached hydrogens (primary N) is 1. The molecule has 8 heteroatoms. The molecule has 1 amide bonds. The van der Waals surface area contributed by atoms with Gasteiger partial charge in [0.15, 0.2) is 0 Å². The molecule has 1 aromatic heterocycles. The van der Waals surface area contributed by atoms with E-state index < -0.39 is 35.7 Å². The molecule has 0 fully saturated rings. The first kappa shape index (κ1) is 24.2. The molecule has 1 aliphatic heterocycles. The van der Waals surface area contributed by atoms with Crippen molar-refractivity contribution < 1.29 is 18.0 Å². The minimum atomic E-state index is -3.48. The number of alkyl halides is 2. The first-order valence-corrected chi connectivity index (χ1v) is 11.2. The van der Waals surface area contributed by atoms with Crippen LogP contribution in [0.1, 0.15) is 43.9 Å². The Labute approximate surface area is 201 Å². The highest BCUT2D eigenvalue weighted by molar-refractivity contribution is 6.30. The number of nitrogens with zero attached hydrogens (tertiary/aromatic N) is 2. The Morgan fingerprint density at radius 1 is 1.15 bits per heavy atom. The molecule has 2 heterocycles. The lowest BCUT2D eigenvalue weighted by atomic mass is 9.86. The van der Waals surface area contributed by atoms with Gasteiger partial charge in [0.05, 0.1) is 18.3 Å². The maximum atomic E-state index is 15.2. The molecule has 0 saturated carbocycles. The molecule has 178 valence electrons. The van der Waals surface area contributed by atoms with Gasteiger partial charge < -0.3 is 10.6 Å². The summed E-state index contributed by atoms with van der Waals surface area (Å²) in [6.07, 6.45) is 2.26. The fourth-order valence-electron chi connectivity index (χ4n) is 4.02. The third-order valence-corrected chi connectivity index (χ3v) is 6.25. The van der Waals surface area contributed by atoms with Crippen molar-refractivity contribution in [2.45, 2.75) is 51.1 Å². The van der Waals surface area contributed by atoms with E-state index in [0.717, 1.165) is 11.6 Å². The van der Waals surface area contributed by atoms with Crippen LogP contribution < -0.4 is 10.6 Å². The molecule has 0 unspecified atom stereocenters. The first-order valence-electron chi connectivity index (χ1n) is 10.9. The Bertz CT molecular complexity index is 1240. The summed E-state index contributed by atoms with van der Waals surface area (Å²) >= 11 is 5.95. The third kappa shape index (κ3) is 4.68. The Morgan fingerprint density at radius 2 is 1.82 bits per heavy atom. The van der Waals surface area contributed by atoms with Crippen LogP contribution in [0.2, 0.25) is 5.02 Å². The lowest BCUT2D eigenvalue weighted by molar-refractivity contribution is -0.122. The Morgan fingerprint density at radius 3 is 2.47 bits per heavy atom. The number of fused-ring (bicyclic) bond motifs is 1. The summed E-state index contributed by atoms with van der Waals surface area (Å²) in [6, 6.07) is 9.15. The van der Waals surface area contributed by atoms with Crippen LogP contribution in [-0.4, -0.2) is 16.9 Å². The van der Waals surface area contributed by atoms with Gasteiger partial charge in [0, 0.05) is 40.5 Å². The molecule has 0 spiro atoms. The minimum Gasteiger partial charge on any atom is -0.320 e. The number of benzene rings is 2. The van der Waals surface area contributed by atoms with Crippen LogP contribution in [0.3, 0.4) is 0 Å². The highest BCUT2D eigenvalue weighted by Gasteiger charge is 2.44. The topological polar surface area (TPSA) is 59.2 Å². The van der Waals surface area contributed by atoms with Gasteiger partial charge >= 0.3 is 0 Å². The van der Waals surface area contributed by atoms with Crippen molar-refractivity contribution in [3.63, 3.8) is 0 Å². The molecule has 3 aromatic rings. The van der Waals surface area contributed by atoms with Crippen LogP contribution in [0.4, 0.5) is 18.9 Å². The largest absolute Gasteiger partial charge is 0.320 e. The van der Waals surface area contributed by atoms with Crippen molar-refractivity contribution in [3.8, 4) is 11.1 Å². The summed E-state index contributed by atoms with van der Waals surface area (Å²) in [5.74, 6) is -4.96. The number of carbonyl (C=O) groups excluding carboxylic acids is 1. The fourth-order valence-corrected chi connectivity index (χ4v) is 4.15. The van der Waals surface area contributed by atoms with Crippen LogP contribution >= 0.6 is 11.6 Å². The molecule has 1 aliphatic rings. The summed E-state index contributed by atoms with van der Waals surface area (Å²) in [7, 11) is 0. The standard InChI is InChI=1S/C26H25ClF3N3O/c1-25(2,3)17-8-16(12-32-13-17)19-9-23-20(10-21(19)28)26(29,30)11-22(31)24(34)33(23)14-15-4-6-18(27)7-5-15/h4-10,12-13,22H,11,14,31H2,1-3H3/t22-/m1/s1. The van der Waals surface area contributed by atoms with Crippen LogP contribution in [0.15, 0.2) is 54.9 Å². The zero-order chi connectivity index (χ0) is 24.8. The molecular formula is C26H25ClF3N3O. The number of hydrogen-bond acceptors (Lipinski definition) is 3. The molecule has 0 radical (unpaired) electrons. The van der Waals surface area contributed by atoms with Crippen molar-refractivity contribution in [1.29, 1.82) is 0 Å². The number of pyridine rings is 1. The Balaban J connectivity index is 1.90. The van der Waals surface area contributed by atoms with Crippen molar-refractivity contribution in [3.05, 3.63) is 82.4 Å².